The van der Waals surface area contributed by atoms with Crippen LogP contribution in [-0.4, -0.2) is 44.7 Å². The van der Waals surface area contributed by atoms with Gasteiger partial charge in [0.1, 0.15) is 10.5 Å². The molecule has 2 aromatic carbocycles. The van der Waals surface area contributed by atoms with Crippen LogP contribution < -0.4 is 5.73 Å². The number of imidazole rings is 1. The predicted octanol–water partition coefficient (Wildman–Crippen LogP) is 4.42. The van der Waals surface area contributed by atoms with Gasteiger partial charge in [0.15, 0.2) is 5.65 Å². The molecule has 0 aliphatic rings. The molecule has 192 valence electrons. The van der Waals surface area contributed by atoms with Gasteiger partial charge in [0.05, 0.1) is 24.8 Å². The lowest BCUT2D eigenvalue weighted by atomic mass is 10.0. The highest BCUT2D eigenvalue weighted by atomic mass is 32.2. The highest BCUT2D eigenvalue weighted by molar-refractivity contribution is 7.99. The van der Waals surface area contributed by atoms with E-state index in [1.54, 1.807) is 18.1 Å². The number of nitrogen functional groups attached to an aromatic ring is 1. The summed E-state index contributed by atoms with van der Waals surface area (Å²) in [7, 11) is 0. The first-order valence-electron chi connectivity index (χ1n) is 11.9. The number of benzene rings is 2. The van der Waals surface area contributed by atoms with Crippen LogP contribution in [0.2, 0.25) is 0 Å². The van der Waals surface area contributed by atoms with Crippen molar-refractivity contribution < 1.29 is 19.1 Å². The predicted molar refractivity (Wildman–Crippen MR) is 142 cm³/mol. The zero-order chi connectivity index (χ0) is 26.2. The maximum absolute atomic E-state index is 11.3. The maximum Gasteiger partial charge on any atom is 0.302 e. The second-order valence-corrected chi connectivity index (χ2v) is 9.67. The van der Waals surface area contributed by atoms with Crippen LogP contribution in [0.25, 0.3) is 11.2 Å². The number of ether oxygens (including phenoxy) is 2. The molecule has 0 saturated heterocycles. The van der Waals surface area contributed by atoms with Crippen molar-refractivity contribution in [2.24, 2.45) is 5.92 Å². The lowest BCUT2D eigenvalue weighted by Crippen LogP contribution is -2.21. The van der Waals surface area contributed by atoms with Crippen LogP contribution in [0.5, 0.6) is 0 Å². The first kappa shape index (κ1) is 26.2. The molecule has 0 fully saturated rings. The molecule has 0 bridgehead atoms. The second kappa shape index (κ2) is 12.4. The minimum absolute atomic E-state index is 0.0241. The van der Waals surface area contributed by atoms with Gasteiger partial charge in [0, 0.05) is 26.3 Å². The molecule has 37 heavy (non-hydrogen) atoms. The molecule has 2 aromatic heterocycles. The smallest absolute Gasteiger partial charge is 0.302 e. The summed E-state index contributed by atoms with van der Waals surface area (Å²) >= 11 is 1.59. The molecule has 0 radical (unpaired) electrons. The Hall–Kier alpha value is -3.92. The molecule has 10 heteroatoms. The third kappa shape index (κ3) is 7.07. The van der Waals surface area contributed by atoms with Crippen molar-refractivity contribution in [2.75, 3.05) is 18.9 Å². The van der Waals surface area contributed by atoms with Gasteiger partial charge in [-0.15, -0.1) is 0 Å². The molecule has 2 heterocycles. The van der Waals surface area contributed by atoms with E-state index in [1.807, 2.05) is 41.0 Å². The van der Waals surface area contributed by atoms with Crippen LogP contribution in [0.4, 0.5) is 5.95 Å². The van der Waals surface area contributed by atoms with Crippen LogP contribution >= 0.6 is 11.8 Å². The molecule has 4 aromatic rings. The highest BCUT2D eigenvalue weighted by Crippen LogP contribution is 2.42. The van der Waals surface area contributed by atoms with Crippen LogP contribution in [0.15, 0.2) is 72.0 Å². The SMILES string of the molecule is CC(=O)OCC(CCn1cnc2nc(N)nc(SC(c3ccccc3)c3ccccc3)c21)COC(C)=O. The van der Waals surface area contributed by atoms with Gasteiger partial charge in [-0.25, -0.2) is 9.97 Å². The number of fused-ring (bicyclic) bond motifs is 1. The van der Waals surface area contributed by atoms with E-state index in [0.717, 1.165) is 16.6 Å². The highest BCUT2D eigenvalue weighted by Gasteiger charge is 2.22. The van der Waals surface area contributed by atoms with Gasteiger partial charge in [0.25, 0.3) is 0 Å². The lowest BCUT2D eigenvalue weighted by Gasteiger charge is -2.19. The third-order valence-corrected chi connectivity index (χ3v) is 7.00. The average Bonchev–Trinajstić information content (AvgIpc) is 3.30. The quantitative estimate of drug-likeness (QED) is 0.174. The van der Waals surface area contributed by atoms with E-state index in [2.05, 4.69) is 39.2 Å². The Balaban J connectivity index is 1.64. The zero-order valence-corrected chi connectivity index (χ0v) is 21.6. The Bertz CT molecular complexity index is 1290. The number of hydrogen-bond acceptors (Lipinski definition) is 9. The number of esters is 2. The summed E-state index contributed by atoms with van der Waals surface area (Å²) in [4.78, 5) is 36.1. The van der Waals surface area contributed by atoms with Gasteiger partial charge < -0.3 is 19.8 Å². The first-order valence-corrected chi connectivity index (χ1v) is 12.8. The molecule has 0 unspecified atom stereocenters. The van der Waals surface area contributed by atoms with E-state index in [-0.39, 0.29) is 42.3 Å². The van der Waals surface area contributed by atoms with Crippen molar-refractivity contribution in [1.82, 2.24) is 19.5 Å². The van der Waals surface area contributed by atoms with Gasteiger partial charge in [-0.3, -0.25) is 9.59 Å². The Morgan fingerprint density at radius 3 is 2.03 bits per heavy atom. The summed E-state index contributed by atoms with van der Waals surface area (Å²) in [6.45, 7) is 3.56. The number of thioether (sulfide) groups is 1. The van der Waals surface area contributed by atoms with E-state index in [1.165, 1.54) is 13.8 Å². The van der Waals surface area contributed by atoms with Crippen molar-refractivity contribution in [3.05, 3.63) is 78.1 Å². The fraction of sp³-hybridized carbons (Fsp3) is 0.296. The summed E-state index contributed by atoms with van der Waals surface area (Å²) in [6, 6.07) is 20.5. The van der Waals surface area contributed by atoms with Gasteiger partial charge in [-0.1, -0.05) is 72.4 Å². The topological polar surface area (TPSA) is 122 Å². The zero-order valence-electron chi connectivity index (χ0n) is 20.7. The van der Waals surface area contributed by atoms with Crippen molar-refractivity contribution in [2.45, 2.75) is 37.1 Å². The summed E-state index contributed by atoms with van der Waals surface area (Å²) in [5.74, 6) is -0.771. The van der Waals surface area contributed by atoms with Crippen LogP contribution in [0.3, 0.4) is 0 Å². The number of nitrogens with two attached hydrogens (primary N) is 1. The fourth-order valence-corrected chi connectivity index (χ4v) is 5.19. The summed E-state index contributed by atoms with van der Waals surface area (Å²) in [6.07, 6.45) is 2.29. The number of anilines is 1. The molecule has 4 rings (SSSR count). The van der Waals surface area contributed by atoms with E-state index in [4.69, 9.17) is 15.2 Å². The van der Waals surface area contributed by atoms with Crippen LogP contribution in [-0.2, 0) is 25.6 Å². The molecular formula is C27H29N5O4S. The number of carbonyl (C=O) groups excluding carboxylic acids is 2. The largest absolute Gasteiger partial charge is 0.465 e. The van der Waals surface area contributed by atoms with Crippen LogP contribution in [0, 0.1) is 5.92 Å². The van der Waals surface area contributed by atoms with Gasteiger partial charge >= 0.3 is 11.9 Å². The molecule has 0 saturated carbocycles. The van der Waals surface area contributed by atoms with Crippen molar-refractivity contribution >= 4 is 40.8 Å². The minimum Gasteiger partial charge on any atom is -0.465 e. The molecule has 0 spiro atoms. The standard InChI is InChI=1S/C27H29N5O4S/c1-18(33)35-15-20(16-36-19(2)34)13-14-32-17-29-25-23(32)26(31-27(28)30-25)37-24(21-9-5-3-6-10-21)22-11-7-4-8-12-22/h3-12,17,20,24H,13-16H2,1-2H3,(H2,28,30,31). The van der Waals surface area contributed by atoms with E-state index in [0.29, 0.717) is 23.6 Å². The van der Waals surface area contributed by atoms with Gasteiger partial charge in [0.2, 0.25) is 5.95 Å². The molecule has 0 aliphatic heterocycles. The number of nitrogens with zero attached hydrogens (tertiary/aromatic N) is 4. The molecular weight excluding hydrogens is 490 g/mol. The fourth-order valence-electron chi connectivity index (χ4n) is 3.92. The third-order valence-electron chi connectivity index (χ3n) is 5.71. The second-order valence-electron chi connectivity index (χ2n) is 8.58. The summed E-state index contributed by atoms with van der Waals surface area (Å²) < 4.78 is 12.3. The molecule has 0 aliphatic carbocycles. The Labute approximate surface area is 219 Å². The minimum atomic E-state index is -0.378. The monoisotopic (exact) mass is 519 g/mol. The molecule has 0 atom stereocenters. The van der Waals surface area contributed by atoms with Crippen molar-refractivity contribution in [3.63, 3.8) is 0 Å². The summed E-state index contributed by atoms with van der Waals surface area (Å²) in [5, 5.41) is 0.693. The van der Waals surface area contributed by atoms with Crippen molar-refractivity contribution in [3.8, 4) is 0 Å². The maximum atomic E-state index is 11.3. The van der Waals surface area contributed by atoms with Gasteiger partial charge in [-0.2, -0.15) is 4.98 Å². The van der Waals surface area contributed by atoms with Gasteiger partial charge in [-0.05, 0) is 17.5 Å². The number of carbonyl (C=O) groups is 2. The average molecular weight is 520 g/mol. The number of hydrogen-bond donors (Lipinski definition) is 1. The Morgan fingerprint density at radius 1 is 0.919 bits per heavy atom. The Morgan fingerprint density at radius 2 is 1.49 bits per heavy atom. The van der Waals surface area contributed by atoms with E-state index in [9.17, 15) is 9.59 Å². The normalized spacial score (nSPS) is 11.2. The first-order chi connectivity index (χ1) is 17.9. The molecule has 9 nitrogen and oxygen atoms in total. The molecule has 0 amide bonds. The van der Waals surface area contributed by atoms with E-state index >= 15 is 0 Å². The van der Waals surface area contributed by atoms with Crippen LogP contribution in [0.1, 0.15) is 36.6 Å². The molecule has 2 N–H and O–H groups in total. The van der Waals surface area contributed by atoms with E-state index < -0.39 is 0 Å². The number of rotatable bonds is 11. The number of aromatic nitrogens is 4. The number of aryl methyl sites for hydroxylation is 1. The van der Waals surface area contributed by atoms with Crippen molar-refractivity contribution in [1.29, 1.82) is 0 Å². The lowest BCUT2D eigenvalue weighted by molar-refractivity contribution is -0.146. The Kier molecular flexibility index (Phi) is 8.73. The summed E-state index contributed by atoms with van der Waals surface area (Å²) in [5.41, 5.74) is 9.62.